The Morgan fingerprint density at radius 2 is 2.15 bits per heavy atom. The molecule has 0 saturated heterocycles. The number of imidazole rings is 1. The van der Waals surface area contributed by atoms with E-state index in [1.807, 2.05) is 29.0 Å². The van der Waals surface area contributed by atoms with Gasteiger partial charge in [-0.1, -0.05) is 6.07 Å². The van der Waals surface area contributed by atoms with Crippen LogP contribution in [0.2, 0.25) is 0 Å². The molecule has 5 nitrogen and oxygen atoms in total. The number of benzene rings is 1. The van der Waals surface area contributed by atoms with E-state index in [0.717, 1.165) is 29.1 Å². The van der Waals surface area contributed by atoms with E-state index in [1.165, 1.54) is 0 Å². The van der Waals surface area contributed by atoms with Gasteiger partial charge in [0.2, 0.25) is 5.95 Å². The first-order valence-corrected chi connectivity index (χ1v) is 6.50. The van der Waals surface area contributed by atoms with Crippen LogP contribution >= 0.6 is 0 Å². The fourth-order valence-electron chi connectivity index (χ4n) is 2.12. The van der Waals surface area contributed by atoms with Gasteiger partial charge in [-0.25, -0.2) is 4.98 Å². The quantitative estimate of drug-likeness (QED) is 0.722. The lowest BCUT2D eigenvalue weighted by Crippen LogP contribution is -2.11. The highest BCUT2D eigenvalue weighted by Crippen LogP contribution is 2.19. The Kier molecular flexibility index (Phi) is 3.60. The Labute approximate surface area is 117 Å². The van der Waals surface area contributed by atoms with Gasteiger partial charge in [-0.15, -0.1) is 0 Å². The number of anilines is 1. The molecule has 0 aliphatic carbocycles. The number of aromatic nitrogens is 3. The highest BCUT2D eigenvalue weighted by molar-refractivity contribution is 5.80. The van der Waals surface area contributed by atoms with Crippen LogP contribution in [0, 0.1) is 0 Å². The van der Waals surface area contributed by atoms with Crippen molar-refractivity contribution >= 4 is 16.9 Å². The Morgan fingerprint density at radius 1 is 1.20 bits per heavy atom. The van der Waals surface area contributed by atoms with Crippen LogP contribution in [0.3, 0.4) is 0 Å². The van der Waals surface area contributed by atoms with Gasteiger partial charge in [-0.2, -0.15) is 0 Å². The topological polar surface area (TPSA) is 52.0 Å². The summed E-state index contributed by atoms with van der Waals surface area (Å²) in [7, 11) is 1.69. The van der Waals surface area contributed by atoms with E-state index in [1.54, 1.807) is 19.5 Å². The predicted molar refractivity (Wildman–Crippen MR) is 79.2 cm³/mol. The largest absolute Gasteiger partial charge is 0.383 e. The normalized spacial score (nSPS) is 10.8. The van der Waals surface area contributed by atoms with E-state index in [2.05, 4.69) is 27.4 Å². The molecule has 5 heteroatoms. The highest BCUT2D eigenvalue weighted by Gasteiger charge is 2.05. The summed E-state index contributed by atoms with van der Waals surface area (Å²) in [6.45, 7) is 1.37. The Balaban J connectivity index is 1.92. The fourth-order valence-corrected chi connectivity index (χ4v) is 2.12. The fraction of sp³-hybridized carbons (Fsp3) is 0.200. The summed E-state index contributed by atoms with van der Waals surface area (Å²) in [5, 5.41) is 4.36. The van der Waals surface area contributed by atoms with Crippen LogP contribution in [0.4, 0.5) is 5.95 Å². The number of hydrogen-bond acceptors (Lipinski definition) is 4. The first-order valence-electron chi connectivity index (χ1n) is 6.50. The summed E-state index contributed by atoms with van der Waals surface area (Å²) >= 11 is 0. The number of fused-ring (bicyclic) bond motifs is 1. The number of ether oxygens (including phenoxy) is 1. The summed E-state index contributed by atoms with van der Waals surface area (Å²) in [5.41, 5.74) is 2.05. The number of pyridine rings is 1. The molecular weight excluding hydrogens is 252 g/mol. The molecule has 102 valence electrons. The first-order chi connectivity index (χ1) is 9.88. The predicted octanol–water partition coefficient (Wildman–Crippen LogP) is 2.48. The molecule has 0 bridgehead atoms. The number of methoxy groups -OCH3 is 1. The number of rotatable bonds is 5. The lowest BCUT2D eigenvalue weighted by Gasteiger charge is -2.10. The molecule has 0 atom stereocenters. The smallest absolute Gasteiger partial charge is 0.207 e. The van der Waals surface area contributed by atoms with Crippen LogP contribution in [0.15, 0.2) is 48.9 Å². The molecule has 0 unspecified atom stereocenters. The molecule has 3 rings (SSSR count). The molecule has 0 aliphatic rings. The number of nitrogens with zero attached hydrogens (tertiary/aromatic N) is 3. The van der Waals surface area contributed by atoms with E-state index in [-0.39, 0.29) is 0 Å². The molecule has 2 aromatic heterocycles. The second kappa shape index (κ2) is 5.71. The van der Waals surface area contributed by atoms with Gasteiger partial charge in [0.1, 0.15) is 0 Å². The monoisotopic (exact) mass is 268 g/mol. The summed E-state index contributed by atoms with van der Waals surface area (Å²) in [6, 6.07) is 10.2. The molecule has 1 N–H and O–H groups in total. The van der Waals surface area contributed by atoms with Crippen LogP contribution in [0.5, 0.6) is 0 Å². The van der Waals surface area contributed by atoms with Gasteiger partial charge in [0.05, 0.1) is 12.1 Å². The number of nitrogens with one attached hydrogen (secondary N) is 1. The van der Waals surface area contributed by atoms with Crippen LogP contribution in [-0.4, -0.2) is 34.8 Å². The Morgan fingerprint density at radius 3 is 3.05 bits per heavy atom. The van der Waals surface area contributed by atoms with Gasteiger partial charge < -0.3 is 10.1 Å². The van der Waals surface area contributed by atoms with Crippen molar-refractivity contribution in [3.05, 3.63) is 48.9 Å². The van der Waals surface area contributed by atoms with Crippen molar-refractivity contribution in [3.63, 3.8) is 0 Å². The van der Waals surface area contributed by atoms with E-state index in [9.17, 15) is 0 Å². The minimum atomic E-state index is 0.647. The van der Waals surface area contributed by atoms with Gasteiger partial charge in [0.15, 0.2) is 0 Å². The summed E-state index contributed by atoms with van der Waals surface area (Å²) in [6.07, 6.45) is 5.52. The van der Waals surface area contributed by atoms with Crippen LogP contribution in [0.1, 0.15) is 0 Å². The van der Waals surface area contributed by atoms with Crippen molar-refractivity contribution in [2.75, 3.05) is 25.6 Å². The third-order valence-electron chi connectivity index (χ3n) is 3.09. The average Bonchev–Trinajstić information content (AvgIpc) is 2.95. The molecule has 0 saturated carbocycles. The van der Waals surface area contributed by atoms with Gasteiger partial charge >= 0.3 is 0 Å². The van der Waals surface area contributed by atoms with Gasteiger partial charge in [0, 0.05) is 43.3 Å². The van der Waals surface area contributed by atoms with Gasteiger partial charge in [-0.3, -0.25) is 9.55 Å². The second-order valence-corrected chi connectivity index (χ2v) is 4.42. The Hall–Kier alpha value is -2.40. The van der Waals surface area contributed by atoms with E-state index < -0.39 is 0 Å². The molecule has 0 amide bonds. The second-order valence-electron chi connectivity index (χ2n) is 4.42. The molecule has 2 heterocycles. The maximum absolute atomic E-state index is 5.04. The van der Waals surface area contributed by atoms with E-state index >= 15 is 0 Å². The molecule has 0 radical (unpaired) electrons. The summed E-state index contributed by atoms with van der Waals surface area (Å²) in [5.74, 6) is 0.810. The van der Waals surface area contributed by atoms with Crippen molar-refractivity contribution in [2.45, 2.75) is 0 Å². The van der Waals surface area contributed by atoms with Crippen LogP contribution < -0.4 is 5.32 Å². The average molecular weight is 268 g/mol. The van der Waals surface area contributed by atoms with Crippen LogP contribution in [0.25, 0.3) is 16.6 Å². The van der Waals surface area contributed by atoms with E-state index in [4.69, 9.17) is 4.74 Å². The molecule has 0 aliphatic heterocycles. The third-order valence-corrected chi connectivity index (χ3v) is 3.09. The maximum atomic E-state index is 5.04. The van der Waals surface area contributed by atoms with Crippen molar-refractivity contribution in [3.8, 4) is 5.69 Å². The lowest BCUT2D eigenvalue weighted by atomic mass is 10.2. The maximum Gasteiger partial charge on any atom is 0.207 e. The third kappa shape index (κ3) is 2.48. The van der Waals surface area contributed by atoms with Gasteiger partial charge in [0.25, 0.3) is 0 Å². The molecule has 0 spiro atoms. The molecular formula is C15H16N4O. The number of hydrogen-bond donors (Lipinski definition) is 1. The van der Waals surface area contributed by atoms with Crippen LogP contribution in [-0.2, 0) is 4.74 Å². The minimum Gasteiger partial charge on any atom is -0.383 e. The van der Waals surface area contributed by atoms with Crippen molar-refractivity contribution in [2.24, 2.45) is 0 Å². The van der Waals surface area contributed by atoms with E-state index in [0.29, 0.717) is 6.61 Å². The lowest BCUT2D eigenvalue weighted by molar-refractivity contribution is 0.210. The van der Waals surface area contributed by atoms with Crippen molar-refractivity contribution < 1.29 is 4.74 Å². The van der Waals surface area contributed by atoms with Crippen molar-refractivity contribution in [1.82, 2.24) is 14.5 Å². The van der Waals surface area contributed by atoms with Gasteiger partial charge in [-0.05, 0) is 24.3 Å². The Bertz CT molecular complexity index is 708. The highest BCUT2D eigenvalue weighted by atomic mass is 16.5. The standard InChI is InChI=1S/C15H16N4O/c1-20-10-8-18-15-17-7-9-19(15)13-4-5-14-12(11-13)3-2-6-16-14/h2-7,9,11H,8,10H2,1H3,(H,17,18). The zero-order chi connectivity index (χ0) is 13.8. The van der Waals surface area contributed by atoms with Crippen molar-refractivity contribution in [1.29, 1.82) is 0 Å². The SMILES string of the molecule is COCCNc1nccn1-c1ccc2ncccc2c1. The summed E-state index contributed by atoms with van der Waals surface area (Å²) in [4.78, 5) is 8.65. The first kappa shape index (κ1) is 12.6. The molecule has 0 fully saturated rings. The molecule has 20 heavy (non-hydrogen) atoms. The minimum absolute atomic E-state index is 0.647. The summed E-state index contributed by atoms with van der Waals surface area (Å²) < 4.78 is 7.05. The zero-order valence-corrected chi connectivity index (χ0v) is 11.3. The zero-order valence-electron chi connectivity index (χ0n) is 11.3. The molecule has 1 aromatic carbocycles. The molecule has 3 aromatic rings.